The second-order valence-electron chi connectivity index (χ2n) is 8.50. The molecule has 6 heteroatoms. The third-order valence-corrected chi connectivity index (χ3v) is 6.57. The molecule has 0 aromatic rings. The van der Waals surface area contributed by atoms with E-state index in [1.54, 1.807) is 6.92 Å². The number of hydrogen-bond acceptors (Lipinski definition) is 4. The zero-order valence-electron chi connectivity index (χ0n) is 15.5. The summed E-state index contributed by atoms with van der Waals surface area (Å²) in [4.78, 5) is 12.5. The summed E-state index contributed by atoms with van der Waals surface area (Å²) in [6, 6.07) is 0. The van der Waals surface area contributed by atoms with Crippen molar-refractivity contribution < 1.29 is 19.5 Å². The van der Waals surface area contributed by atoms with Crippen molar-refractivity contribution >= 4 is 13.4 Å². The van der Waals surface area contributed by atoms with Gasteiger partial charge in [-0.1, -0.05) is 0 Å². The van der Waals surface area contributed by atoms with Crippen LogP contribution >= 0.6 is 7.49 Å². The predicted molar refractivity (Wildman–Crippen MR) is 99.8 cm³/mol. The van der Waals surface area contributed by atoms with E-state index in [1.165, 1.54) is 0 Å². The molecule has 2 rings (SSSR count). The van der Waals surface area contributed by atoms with Crippen molar-refractivity contribution in [3.05, 3.63) is 12.2 Å². The van der Waals surface area contributed by atoms with Crippen LogP contribution in [-0.4, -0.2) is 60.5 Å². The molecule has 1 heterocycles. The number of aliphatic hydroxyl groups excluding tert-OH is 1. The van der Waals surface area contributed by atoms with Crippen LogP contribution in [0.1, 0.15) is 39.0 Å². The Balaban J connectivity index is 2.11. The number of hydrogen-bond donors (Lipinski definition) is 3. The van der Waals surface area contributed by atoms with E-state index in [2.05, 4.69) is 37.5 Å². The summed E-state index contributed by atoms with van der Waals surface area (Å²) in [5.41, 5.74) is -2.26. The van der Waals surface area contributed by atoms with Crippen LogP contribution in [-0.2, 0) is 9.32 Å². The van der Waals surface area contributed by atoms with Gasteiger partial charge in [-0.25, -0.2) is 0 Å². The molecule has 5 nitrogen and oxygen atoms in total. The van der Waals surface area contributed by atoms with Crippen LogP contribution < -0.4 is 5.32 Å². The van der Waals surface area contributed by atoms with E-state index in [0.717, 1.165) is 19.3 Å². The molecule has 0 radical (unpaired) electrons. The van der Waals surface area contributed by atoms with Gasteiger partial charge in [0.2, 0.25) is 0 Å². The van der Waals surface area contributed by atoms with E-state index in [4.69, 9.17) is 4.52 Å². The van der Waals surface area contributed by atoms with Gasteiger partial charge in [0, 0.05) is 0 Å². The van der Waals surface area contributed by atoms with E-state index in [9.17, 15) is 15.0 Å². The second-order valence-corrected chi connectivity index (χ2v) is 13.0. The number of rotatable bonds is 7. The molecule has 0 unspecified atom stereocenters. The Hall–Kier alpha value is -0.480. The van der Waals surface area contributed by atoms with Crippen molar-refractivity contribution in [2.75, 3.05) is 33.2 Å². The van der Waals surface area contributed by atoms with Crippen molar-refractivity contribution in [2.45, 2.75) is 50.2 Å². The van der Waals surface area contributed by atoms with Gasteiger partial charge >= 0.3 is 146 Å². The van der Waals surface area contributed by atoms with Crippen molar-refractivity contribution in [2.24, 2.45) is 11.8 Å². The van der Waals surface area contributed by atoms with Gasteiger partial charge in [0.1, 0.15) is 0 Å². The number of carbonyl (C=O) groups is 1. The summed E-state index contributed by atoms with van der Waals surface area (Å²) in [5, 5.41) is 24.2. The van der Waals surface area contributed by atoms with Crippen LogP contribution in [0.25, 0.3) is 0 Å². The van der Waals surface area contributed by atoms with Gasteiger partial charge in [0.05, 0.1) is 0 Å². The monoisotopic (exact) mass is 359 g/mol. The van der Waals surface area contributed by atoms with Crippen LogP contribution in [0.3, 0.4) is 0 Å². The first-order chi connectivity index (χ1) is 11.1. The zero-order chi connectivity index (χ0) is 18.0. The van der Waals surface area contributed by atoms with Gasteiger partial charge in [-0.05, 0) is 0 Å². The summed E-state index contributed by atoms with van der Waals surface area (Å²) in [5.74, 6) is -0.434. The first-order valence-electron chi connectivity index (χ1n) is 9.07. The fraction of sp³-hybridized carbons (Fsp3) is 0.833. The Morgan fingerprint density at radius 1 is 1.42 bits per heavy atom. The zero-order valence-corrected chi connectivity index (χ0v) is 16.5. The molecule has 1 aliphatic heterocycles. The molecule has 140 valence electrons. The molecule has 0 spiro atoms. The third kappa shape index (κ3) is 4.19. The number of carbonyl (C=O) groups excluding carboxylic acids is 1. The molecule has 0 bridgehead atoms. The summed E-state index contributed by atoms with van der Waals surface area (Å²) in [7, 11) is -1.65. The SMILES string of the molecule is C[C@]1(O)[C@@H](CCO[PH](C)(C)C)C(=O)N[C@]1(CO)C[C@@H]1C=CCCC1. The molecule has 2 aliphatic rings. The Labute approximate surface area is 146 Å². The number of aliphatic hydroxyl groups is 2. The molecular formula is C18H34NO4P. The standard InChI is InChI=1S/C18H34NO4P/c1-17(22)15(10-11-23-24(2,3)4)16(21)19-18(17,13-20)12-14-8-6-5-7-9-14/h6,8,14-15,20,22,24H,5,7,9-13H2,1-4H3,(H,19,21)/t14-,15+,17+,18+/m1/s1. The maximum atomic E-state index is 12.5. The maximum absolute atomic E-state index is 12.5. The topological polar surface area (TPSA) is 78.8 Å². The molecule has 0 aromatic heterocycles. The quantitative estimate of drug-likeness (QED) is 0.479. The molecule has 3 N–H and O–H groups in total. The Bertz CT molecular complexity index is 486. The van der Waals surface area contributed by atoms with Gasteiger partial charge in [-0.3, -0.25) is 0 Å². The molecule has 0 aromatic carbocycles. The summed E-state index contributed by atoms with van der Waals surface area (Å²) >= 11 is 0. The van der Waals surface area contributed by atoms with Crippen molar-refractivity contribution in [3.8, 4) is 0 Å². The van der Waals surface area contributed by atoms with Gasteiger partial charge in [0.15, 0.2) is 0 Å². The van der Waals surface area contributed by atoms with Crippen molar-refractivity contribution in [1.82, 2.24) is 5.32 Å². The van der Waals surface area contributed by atoms with Gasteiger partial charge < -0.3 is 0 Å². The molecule has 1 fully saturated rings. The first-order valence-corrected chi connectivity index (χ1v) is 12.5. The van der Waals surface area contributed by atoms with E-state index < -0.39 is 24.5 Å². The Kier molecular flexibility index (Phi) is 6.12. The fourth-order valence-electron chi connectivity index (χ4n) is 3.96. The molecule has 0 saturated carbocycles. The van der Waals surface area contributed by atoms with Crippen LogP contribution in [0.15, 0.2) is 12.2 Å². The summed E-state index contributed by atoms with van der Waals surface area (Å²) in [6.45, 7) is 8.22. The molecule has 24 heavy (non-hydrogen) atoms. The van der Waals surface area contributed by atoms with Crippen LogP contribution in [0, 0.1) is 11.8 Å². The van der Waals surface area contributed by atoms with E-state index in [0.29, 0.717) is 19.4 Å². The molecular weight excluding hydrogens is 325 g/mol. The van der Waals surface area contributed by atoms with Gasteiger partial charge in [-0.15, -0.1) is 0 Å². The average molecular weight is 359 g/mol. The minimum absolute atomic E-state index is 0.173. The number of nitrogens with one attached hydrogen (secondary N) is 1. The Morgan fingerprint density at radius 3 is 2.67 bits per heavy atom. The van der Waals surface area contributed by atoms with E-state index in [1.807, 2.05) is 0 Å². The second kappa shape index (κ2) is 7.41. The van der Waals surface area contributed by atoms with Gasteiger partial charge in [-0.2, -0.15) is 0 Å². The van der Waals surface area contributed by atoms with Crippen LogP contribution in [0.4, 0.5) is 0 Å². The number of amides is 1. The molecule has 4 atom stereocenters. The number of allylic oxidation sites excluding steroid dienone is 2. The predicted octanol–water partition coefficient (Wildman–Crippen LogP) is 1.92. The summed E-state index contributed by atoms with van der Waals surface area (Å²) in [6.07, 6.45) is 8.60. The molecule has 1 saturated heterocycles. The van der Waals surface area contributed by atoms with Crippen molar-refractivity contribution in [1.29, 1.82) is 0 Å². The normalized spacial score (nSPS) is 37.5. The Morgan fingerprint density at radius 2 is 2.12 bits per heavy atom. The van der Waals surface area contributed by atoms with E-state index in [-0.39, 0.29) is 18.4 Å². The van der Waals surface area contributed by atoms with E-state index >= 15 is 0 Å². The minimum atomic E-state index is -1.65. The van der Waals surface area contributed by atoms with Crippen molar-refractivity contribution in [3.63, 3.8) is 0 Å². The van der Waals surface area contributed by atoms with Gasteiger partial charge in [0.25, 0.3) is 0 Å². The van der Waals surface area contributed by atoms with Crippen LogP contribution in [0.5, 0.6) is 0 Å². The average Bonchev–Trinajstić information content (AvgIpc) is 2.67. The van der Waals surface area contributed by atoms with Crippen LogP contribution in [0.2, 0.25) is 0 Å². The fourth-order valence-corrected chi connectivity index (χ4v) is 4.69. The molecule has 1 aliphatic carbocycles. The molecule has 1 amide bonds. The third-order valence-electron chi connectivity index (χ3n) is 5.50. The summed E-state index contributed by atoms with van der Waals surface area (Å²) < 4.78 is 5.86. The first kappa shape index (κ1) is 19.8.